The molecule has 0 aliphatic heterocycles. The molecule has 3 rings (SSSR count). The van der Waals surface area contributed by atoms with Gasteiger partial charge in [-0.3, -0.25) is 4.79 Å². The standard InChI is InChI=1S/C15H11ClN2O2/c1-20-14-7-2-9(8-17-14)10-3-5-12-11(15(10)16)4-6-13(19)18-12/h2-8H,1H3,(H,18,19). The van der Waals surface area contributed by atoms with Crippen LogP contribution in [0.3, 0.4) is 0 Å². The topological polar surface area (TPSA) is 55.0 Å². The molecule has 0 saturated carbocycles. The molecule has 3 aromatic rings. The minimum Gasteiger partial charge on any atom is -0.481 e. The molecule has 0 saturated heterocycles. The number of nitrogens with one attached hydrogen (secondary N) is 1. The summed E-state index contributed by atoms with van der Waals surface area (Å²) in [5, 5.41) is 1.39. The number of halogens is 1. The number of H-pyrrole nitrogens is 1. The van der Waals surface area contributed by atoms with Gasteiger partial charge in [-0.2, -0.15) is 0 Å². The largest absolute Gasteiger partial charge is 0.481 e. The quantitative estimate of drug-likeness (QED) is 0.787. The number of benzene rings is 1. The van der Waals surface area contributed by atoms with E-state index in [9.17, 15) is 4.79 Å². The molecule has 2 aromatic heterocycles. The summed E-state index contributed by atoms with van der Waals surface area (Å²) in [6, 6.07) is 10.6. The second kappa shape index (κ2) is 4.98. The summed E-state index contributed by atoms with van der Waals surface area (Å²) < 4.78 is 5.03. The number of methoxy groups -OCH3 is 1. The van der Waals surface area contributed by atoms with E-state index in [1.165, 1.54) is 6.07 Å². The average molecular weight is 287 g/mol. The third-order valence-electron chi connectivity index (χ3n) is 3.10. The second-order valence-corrected chi connectivity index (χ2v) is 4.68. The highest BCUT2D eigenvalue weighted by Crippen LogP contribution is 2.33. The van der Waals surface area contributed by atoms with Crippen LogP contribution in [-0.4, -0.2) is 17.1 Å². The number of aromatic nitrogens is 2. The zero-order valence-electron chi connectivity index (χ0n) is 10.7. The van der Waals surface area contributed by atoms with Crippen molar-refractivity contribution in [2.24, 2.45) is 0 Å². The van der Waals surface area contributed by atoms with E-state index in [-0.39, 0.29) is 5.56 Å². The average Bonchev–Trinajstić information content (AvgIpc) is 2.48. The molecule has 4 nitrogen and oxygen atoms in total. The normalized spacial score (nSPS) is 10.7. The summed E-state index contributed by atoms with van der Waals surface area (Å²) in [4.78, 5) is 18.2. The lowest BCUT2D eigenvalue weighted by molar-refractivity contribution is 0.398. The number of ether oxygens (including phenoxy) is 1. The number of nitrogens with zero attached hydrogens (tertiary/aromatic N) is 1. The van der Waals surface area contributed by atoms with E-state index in [4.69, 9.17) is 16.3 Å². The Balaban J connectivity index is 2.18. The number of hydrogen-bond donors (Lipinski definition) is 1. The molecule has 2 heterocycles. The van der Waals surface area contributed by atoms with Crippen LogP contribution in [0.4, 0.5) is 0 Å². The predicted molar refractivity (Wildman–Crippen MR) is 79.4 cm³/mol. The first-order valence-electron chi connectivity index (χ1n) is 6.01. The minimum absolute atomic E-state index is 0.146. The van der Waals surface area contributed by atoms with Crippen LogP contribution in [0.5, 0.6) is 5.88 Å². The van der Waals surface area contributed by atoms with Gasteiger partial charge in [0.15, 0.2) is 0 Å². The molecule has 1 aromatic carbocycles. The first-order chi connectivity index (χ1) is 9.69. The molecule has 100 valence electrons. The zero-order valence-corrected chi connectivity index (χ0v) is 11.4. The van der Waals surface area contributed by atoms with Crippen molar-refractivity contribution in [2.45, 2.75) is 0 Å². The van der Waals surface area contributed by atoms with Crippen molar-refractivity contribution in [1.29, 1.82) is 0 Å². The summed E-state index contributed by atoms with van der Waals surface area (Å²) in [5.74, 6) is 0.551. The maximum Gasteiger partial charge on any atom is 0.248 e. The fourth-order valence-corrected chi connectivity index (χ4v) is 2.42. The Morgan fingerprint density at radius 3 is 2.70 bits per heavy atom. The Morgan fingerprint density at radius 1 is 1.15 bits per heavy atom. The molecule has 0 fully saturated rings. The Morgan fingerprint density at radius 2 is 2.00 bits per heavy atom. The molecular formula is C15H11ClN2O2. The number of fused-ring (bicyclic) bond motifs is 1. The maximum absolute atomic E-state index is 11.3. The van der Waals surface area contributed by atoms with E-state index < -0.39 is 0 Å². The van der Waals surface area contributed by atoms with Crippen LogP contribution < -0.4 is 10.3 Å². The van der Waals surface area contributed by atoms with Gasteiger partial charge in [0.1, 0.15) is 0 Å². The third-order valence-corrected chi connectivity index (χ3v) is 3.50. The predicted octanol–water partition coefficient (Wildman–Crippen LogP) is 3.25. The number of rotatable bonds is 2. The Kier molecular flexibility index (Phi) is 3.16. The molecule has 0 unspecified atom stereocenters. The maximum atomic E-state index is 11.3. The summed E-state index contributed by atoms with van der Waals surface area (Å²) in [5.41, 5.74) is 2.32. The van der Waals surface area contributed by atoms with Gasteiger partial charge in [-0.25, -0.2) is 4.98 Å². The van der Waals surface area contributed by atoms with Gasteiger partial charge in [0.2, 0.25) is 11.4 Å². The van der Waals surface area contributed by atoms with Gasteiger partial charge < -0.3 is 9.72 Å². The van der Waals surface area contributed by atoms with Crippen LogP contribution in [0.2, 0.25) is 5.02 Å². The first-order valence-corrected chi connectivity index (χ1v) is 6.39. The lowest BCUT2D eigenvalue weighted by Crippen LogP contribution is -2.02. The Labute approximate surface area is 120 Å². The molecule has 0 amide bonds. The summed E-state index contributed by atoms with van der Waals surface area (Å²) in [6.45, 7) is 0. The van der Waals surface area contributed by atoms with Gasteiger partial charge in [-0.15, -0.1) is 0 Å². The number of hydrogen-bond acceptors (Lipinski definition) is 3. The van der Waals surface area contributed by atoms with Crippen molar-refractivity contribution in [3.63, 3.8) is 0 Å². The van der Waals surface area contributed by atoms with Crippen LogP contribution in [-0.2, 0) is 0 Å². The third kappa shape index (κ3) is 2.14. The lowest BCUT2D eigenvalue weighted by Gasteiger charge is -2.08. The molecule has 20 heavy (non-hydrogen) atoms. The van der Waals surface area contributed by atoms with E-state index in [0.717, 1.165) is 16.5 Å². The molecule has 0 radical (unpaired) electrons. The van der Waals surface area contributed by atoms with E-state index in [2.05, 4.69) is 9.97 Å². The Hall–Kier alpha value is -2.33. The van der Waals surface area contributed by atoms with Crippen LogP contribution >= 0.6 is 11.6 Å². The molecular weight excluding hydrogens is 276 g/mol. The van der Waals surface area contributed by atoms with E-state index >= 15 is 0 Å². The van der Waals surface area contributed by atoms with Gasteiger partial charge in [0, 0.05) is 40.4 Å². The first kappa shape index (κ1) is 12.7. The van der Waals surface area contributed by atoms with Gasteiger partial charge in [-0.1, -0.05) is 17.7 Å². The SMILES string of the molecule is COc1ccc(-c2ccc3[nH]c(=O)ccc3c2Cl)cn1. The minimum atomic E-state index is -0.146. The second-order valence-electron chi connectivity index (χ2n) is 4.30. The van der Waals surface area contributed by atoms with Gasteiger partial charge in [0.05, 0.1) is 12.1 Å². The number of aromatic amines is 1. The fourth-order valence-electron chi connectivity index (χ4n) is 2.08. The van der Waals surface area contributed by atoms with Crippen molar-refractivity contribution in [1.82, 2.24) is 9.97 Å². The molecule has 0 aliphatic rings. The van der Waals surface area contributed by atoms with Gasteiger partial charge in [0.25, 0.3) is 0 Å². The highest BCUT2D eigenvalue weighted by Gasteiger charge is 2.08. The lowest BCUT2D eigenvalue weighted by atomic mass is 10.0. The van der Waals surface area contributed by atoms with Crippen molar-refractivity contribution < 1.29 is 4.74 Å². The van der Waals surface area contributed by atoms with Crippen molar-refractivity contribution >= 4 is 22.5 Å². The van der Waals surface area contributed by atoms with Crippen LogP contribution in [0.25, 0.3) is 22.0 Å². The monoisotopic (exact) mass is 286 g/mol. The van der Waals surface area contributed by atoms with Gasteiger partial charge in [-0.05, 0) is 18.2 Å². The molecule has 0 atom stereocenters. The van der Waals surface area contributed by atoms with E-state index in [0.29, 0.717) is 16.4 Å². The van der Waals surface area contributed by atoms with Crippen LogP contribution in [0.1, 0.15) is 0 Å². The summed E-state index contributed by atoms with van der Waals surface area (Å²) in [6.07, 6.45) is 1.71. The van der Waals surface area contributed by atoms with Crippen LogP contribution in [0.15, 0.2) is 47.4 Å². The fraction of sp³-hybridized carbons (Fsp3) is 0.0667. The van der Waals surface area contributed by atoms with Crippen molar-refractivity contribution in [3.05, 3.63) is 58.0 Å². The summed E-state index contributed by atoms with van der Waals surface area (Å²) >= 11 is 6.42. The zero-order chi connectivity index (χ0) is 14.1. The number of pyridine rings is 2. The molecule has 1 N–H and O–H groups in total. The van der Waals surface area contributed by atoms with Crippen molar-refractivity contribution in [3.8, 4) is 17.0 Å². The molecule has 0 aliphatic carbocycles. The van der Waals surface area contributed by atoms with Crippen LogP contribution in [0, 0.1) is 0 Å². The van der Waals surface area contributed by atoms with E-state index in [1.54, 1.807) is 25.4 Å². The summed E-state index contributed by atoms with van der Waals surface area (Å²) in [7, 11) is 1.57. The highest BCUT2D eigenvalue weighted by molar-refractivity contribution is 6.38. The molecule has 0 spiro atoms. The molecule has 5 heteroatoms. The Bertz CT molecular complexity index is 825. The van der Waals surface area contributed by atoms with E-state index in [1.807, 2.05) is 18.2 Å². The smallest absolute Gasteiger partial charge is 0.248 e. The van der Waals surface area contributed by atoms with Crippen molar-refractivity contribution in [2.75, 3.05) is 7.11 Å². The molecule has 0 bridgehead atoms. The highest BCUT2D eigenvalue weighted by atomic mass is 35.5. The van der Waals surface area contributed by atoms with Gasteiger partial charge >= 0.3 is 0 Å².